The highest BCUT2D eigenvalue weighted by atomic mass is 19.1. The van der Waals surface area contributed by atoms with Gasteiger partial charge in [0.25, 0.3) is 0 Å². The lowest BCUT2D eigenvalue weighted by molar-refractivity contribution is -0.128. The molecule has 2 fully saturated rings. The van der Waals surface area contributed by atoms with Gasteiger partial charge in [0.15, 0.2) is 0 Å². The third kappa shape index (κ3) is 4.44. The SMILES string of the molecule is CC(=O)N[C@@]12CCN(CC(=O)Nc3ccc(F)cc3)C[C@@H]1CN(C(C)=O)C2. The highest BCUT2D eigenvalue weighted by Gasteiger charge is 2.50. The fraction of sp³-hybridized carbons (Fsp3) is 0.526. The molecule has 0 aromatic heterocycles. The molecular formula is C19H25FN4O3. The number of amides is 3. The minimum Gasteiger partial charge on any atom is -0.349 e. The van der Waals surface area contributed by atoms with Crippen LogP contribution in [0.2, 0.25) is 0 Å². The van der Waals surface area contributed by atoms with Gasteiger partial charge in [0, 0.05) is 51.6 Å². The van der Waals surface area contributed by atoms with Crippen LogP contribution < -0.4 is 10.6 Å². The van der Waals surface area contributed by atoms with Crippen LogP contribution in [0.4, 0.5) is 10.1 Å². The second-order valence-electron chi connectivity index (χ2n) is 7.47. The number of carbonyl (C=O) groups excluding carboxylic acids is 3. The van der Waals surface area contributed by atoms with Crippen molar-refractivity contribution in [3.8, 4) is 0 Å². The van der Waals surface area contributed by atoms with Gasteiger partial charge in [-0.1, -0.05) is 0 Å². The van der Waals surface area contributed by atoms with Crippen molar-refractivity contribution in [2.24, 2.45) is 5.92 Å². The van der Waals surface area contributed by atoms with Gasteiger partial charge in [0.1, 0.15) is 5.82 Å². The molecule has 2 atom stereocenters. The first-order valence-corrected chi connectivity index (χ1v) is 9.09. The first-order valence-electron chi connectivity index (χ1n) is 9.09. The standard InChI is InChI=1S/C19H25FN4O3/c1-13(25)22-19-7-8-23(9-15(19)10-24(12-19)14(2)26)11-18(27)21-17-5-3-16(20)4-6-17/h3-6,15H,7-12H2,1-2H3,(H,21,27)(H,22,25)/t15-,19-/m1/s1. The Hall–Kier alpha value is -2.48. The van der Waals surface area contributed by atoms with Gasteiger partial charge in [-0.05, 0) is 30.7 Å². The molecule has 0 saturated carbocycles. The molecular weight excluding hydrogens is 351 g/mol. The van der Waals surface area contributed by atoms with Gasteiger partial charge >= 0.3 is 0 Å². The molecule has 1 aromatic rings. The van der Waals surface area contributed by atoms with Crippen molar-refractivity contribution in [1.29, 1.82) is 0 Å². The summed E-state index contributed by atoms with van der Waals surface area (Å²) < 4.78 is 13.0. The number of nitrogens with one attached hydrogen (secondary N) is 2. The lowest BCUT2D eigenvalue weighted by Gasteiger charge is -2.43. The van der Waals surface area contributed by atoms with E-state index in [1.54, 1.807) is 4.90 Å². The summed E-state index contributed by atoms with van der Waals surface area (Å²) >= 11 is 0. The van der Waals surface area contributed by atoms with Gasteiger partial charge in [0.05, 0.1) is 12.1 Å². The Labute approximate surface area is 157 Å². The number of piperidine rings is 1. The highest BCUT2D eigenvalue weighted by Crippen LogP contribution is 2.35. The van der Waals surface area contributed by atoms with Crippen molar-refractivity contribution >= 4 is 23.4 Å². The first-order chi connectivity index (χ1) is 12.8. The molecule has 2 aliphatic rings. The Morgan fingerprint density at radius 3 is 2.52 bits per heavy atom. The first kappa shape index (κ1) is 19.3. The fourth-order valence-corrected chi connectivity index (χ4v) is 4.13. The second kappa shape index (κ2) is 7.64. The molecule has 2 saturated heterocycles. The number of fused-ring (bicyclic) bond motifs is 1. The molecule has 2 N–H and O–H groups in total. The van der Waals surface area contributed by atoms with E-state index in [1.165, 1.54) is 38.1 Å². The zero-order valence-electron chi connectivity index (χ0n) is 15.6. The molecule has 0 radical (unpaired) electrons. The predicted octanol–water partition coefficient (Wildman–Crippen LogP) is 0.823. The van der Waals surface area contributed by atoms with E-state index < -0.39 is 5.54 Å². The summed E-state index contributed by atoms with van der Waals surface area (Å²) in [5.74, 6) is -0.551. The molecule has 146 valence electrons. The Balaban J connectivity index is 1.62. The summed E-state index contributed by atoms with van der Waals surface area (Å²) in [6, 6.07) is 5.64. The van der Waals surface area contributed by atoms with Crippen LogP contribution in [0.3, 0.4) is 0 Å². The number of anilines is 1. The minimum atomic E-state index is -0.415. The zero-order chi connectivity index (χ0) is 19.6. The second-order valence-corrected chi connectivity index (χ2v) is 7.47. The molecule has 2 aliphatic heterocycles. The van der Waals surface area contributed by atoms with Gasteiger partial charge in [-0.2, -0.15) is 0 Å². The number of halogens is 1. The number of rotatable bonds is 4. The van der Waals surface area contributed by atoms with Crippen LogP contribution in [0.25, 0.3) is 0 Å². The van der Waals surface area contributed by atoms with Crippen LogP contribution in [0, 0.1) is 11.7 Å². The summed E-state index contributed by atoms with van der Waals surface area (Å²) in [6.45, 7) is 5.61. The topological polar surface area (TPSA) is 81.8 Å². The lowest BCUT2D eigenvalue weighted by atomic mass is 9.80. The Morgan fingerprint density at radius 1 is 1.19 bits per heavy atom. The molecule has 8 heteroatoms. The maximum Gasteiger partial charge on any atom is 0.238 e. The minimum absolute atomic E-state index is 0.00488. The number of hydrogen-bond donors (Lipinski definition) is 2. The largest absolute Gasteiger partial charge is 0.349 e. The quantitative estimate of drug-likeness (QED) is 0.815. The summed E-state index contributed by atoms with van der Waals surface area (Å²) in [5, 5.41) is 5.83. The van der Waals surface area contributed by atoms with Crippen molar-refractivity contribution in [3.05, 3.63) is 30.1 Å². The van der Waals surface area contributed by atoms with E-state index in [4.69, 9.17) is 0 Å². The fourth-order valence-electron chi connectivity index (χ4n) is 4.13. The van der Waals surface area contributed by atoms with Crippen LogP contribution in [-0.2, 0) is 14.4 Å². The number of likely N-dealkylation sites (tertiary alicyclic amines) is 2. The molecule has 0 aliphatic carbocycles. The van der Waals surface area contributed by atoms with Gasteiger partial charge in [-0.15, -0.1) is 0 Å². The number of hydrogen-bond acceptors (Lipinski definition) is 4. The summed E-state index contributed by atoms with van der Waals surface area (Å²) in [5.41, 5.74) is 0.135. The normalized spacial score (nSPS) is 25.0. The van der Waals surface area contributed by atoms with E-state index >= 15 is 0 Å². The Kier molecular flexibility index (Phi) is 5.46. The van der Waals surface area contributed by atoms with Gasteiger partial charge in [0.2, 0.25) is 17.7 Å². The van der Waals surface area contributed by atoms with E-state index in [1.807, 2.05) is 4.90 Å². The van der Waals surface area contributed by atoms with E-state index in [2.05, 4.69) is 10.6 Å². The van der Waals surface area contributed by atoms with E-state index in [0.29, 0.717) is 38.3 Å². The Morgan fingerprint density at radius 2 is 1.89 bits per heavy atom. The molecule has 0 unspecified atom stereocenters. The average Bonchev–Trinajstić information content (AvgIpc) is 2.95. The Bertz CT molecular complexity index is 739. The lowest BCUT2D eigenvalue weighted by Crippen LogP contribution is -2.61. The molecule has 1 aromatic carbocycles. The average molecular weight is 376 g/mol. The van der Waals surface area contributed by atoms with Crippen LogP contribution in [0.5, 0.6) is 0 Å². The third-order valence-corrected chi connectivity index (χ3v) is 5.41. The smallest absolute Gasteiger partial charge is 0.238 e. The molecule has 0 bridgehead atoms. The molecule has 3 amide bonds. The maximum absolute atomic E-state index is 13.0. The van der Waals surface area contributed by atoms with Crippen molar-refractivity contribution in [2.75, 3.05) is 38.0 Å². The van der Waals surface area contributed by atoms with E-state index in [0.717, 1.165) is 0 Å². The van der Waals surface area contributed by atoms with Gasteiger partial charge < -0.3 is 15.5 Å². The van der Waals surface area contributed by atoms with Gasteiger partial charge in [-0.3, -0.25) is 19.3 Å². The summed E-state index contributed by atoms with van der Waals surface area (Å²) in [4.78, 5) is 39.6. The van der Waals surface area contributed by atoms with Crippen LogP contribution in [0.15, 0.2) is 24.3 Å². The van der Waals surface area contributed by atoms with Crippen molar-refractivity contribution < 1.29 is 18.8 Å². The highest BCUT2D eigenvalue weighted by molar-refractivity contribution is 5.92. The van der Waals surface area contributed by atoms with Gasteiger partial charge in [-0.25, -0.2) is 4.39 Å². The van der Waals surface area contributed by atoms with Crippen LogP contribution >= 0.6 is 0 Å². The predicted molar refractivity (Wildman–Crippen MR) is 98.4 cm³/mol. The molecule has 3 rings (SSSR count). The van der Waals surface area contributed by atoms with E-state index in [-0.39, 0.29) is 36.0 Å². The van der Waals surface area contributed by atoms with Crippen molar-refractivity contribution in [3.63, 3.8) is 0 Å². The summed E-state index contributed by atoms with van der Waals surface area (Å²) in [7, 11) is 0. The van der Waals surface area contributed by atoms with Crippen molar-refractivity contribution in [1.82, 2.24) is 15.1 Å². The van der Waals surface area contributed by atoms with Crippen molar-refractivity contribution in [2.45, 2.75) is 25.8 Å². The van der Waals surface area contributed by atoms with Crippen LogP contribution in [-0.4, -0.2) is 65.8 Å². The number of carbonyl (C=O) groups is 3. The summed E-state index contributed by atoms with van der Waals surface area (Å²) in [6.07, 6.45) is 0.685. The molecule has 2 heterocycles. The van der Waals surface area contributed by atoms with E-state index in [9.17, 15) is 18.8 Å². The molecule has 0 spiro atoms. The van der Waals surface area contributed by atoms with Crippen LogP contribution in [0.1, 0.15) is 20.3 Å². The maximum atomic E-state index is 13.0. The molecule has 27 heavy (non-hydrogen) atoms. The number of benzene rings is 1. The molecule has 7 nitrogen and oxygen atoms in total. The number of nitrogens with zero attached hydrogens (tertiary/aromatic N) is 2. The monoisotopic (exact) mass is 376 g/mol. The zero-order valence-corrected chi connectivity index (χ0v) is 15.6. The third-order valence-electron chi connectivity index (χ3n) is 5.41.